The molecule has 0 bridgehead atoms. The second-order valence-corrected chi connectivity index (χ2v) is 8.78. The molecule has 0 spiro atoms. The summed E-state index contributed by atoms with van der Waals surface area (Å²) in [6.07, 6.45) is 8.17. The number of ether oxygens (including phenoxy) is 1. The van der Waals surface area contributed by atoms with Crippen molar-refractivity contribution in [3.8, 4) is 5.75 Å². The number of rotatable bonds is 8. The van der Waals surface area contributed by atoms with E-state index in [9.17, 15) is 9.59 Å². The topological polar surface area (TPSA) is 79.5 Å². The normalized spacial score (nSPS) is 13.1. The van der Waals surface area contributed by atoms with Crippen LogP contribution in [0.2, 0.25) is 0 Å². The van der Waals surface area contributed by atoms with Crippen LogP contribution in [0.4, 0.5) is 11.4 Å². The van der Waals surface area contributed by atoms with Crippen molar-refractivity contribution in [1.82, 2.24) is 5.32 Å². The minimum Gasteiger partial charge on any atom is -0.496 e. The minimum absolute atomic E-state index is 0. The Balaban J connectivity index is 0.000000336. The van der Waals surface area contributed by atoms with Gasteiger partial charge in [-0.2, -0.15) is 18.9 Å². The van der Waals surface area contributed by atoms with Gasteiger partial charge in [-0.3, -0.25) is 22.8 Å². The molecule has 0 aromatic heterocycles. The molecule has 0 unspecified atom stereocenters. The predicted octanol–water partition coefficient (Wildman–Crippen LogP) is 2.06. The maximum Gasteiger partial charge on any atom is 1.00 e. The minimum atomic E-state index is 0. The van der Waals surface area contributed by atoms with Crippen molar-refractivity contribution >= 4 is 39.5 Å². The number of anilines is 2. The third kappa shape index (κ3) is 10.0. The number of carbonyl (C=O) groups excluding carboxylic acids is 2. The third-order valence-corrected chi connectivity index (χ3v) is 6.20. The van der Waals surface area contributed by atoms with Gasteiger partial charge in [-0.25, -0.2) is 0 Å². The van der Waals surface area contributed by atoms with Crippen molar-refractivity contribution in [3.63, 3.8) is 0 Å². The van der Waals surface area contributed by atoms with E-state index in [2.05, 4.69) is 45.2 Å². The molecule has 0 aliphatic heterocycles. The molecule has 0 saturated heterocycles. The van der Waals surface area contributed by atoms with Crippen molar-refractivity contribution in [2.45, 2.75) is 32.6 Å². The van der Waals surface area contributed by atoms with Crippen molar-refractivity contribution < 1.29 is 65.7 Å². The largest absolute Gasteiger partial charge is 1.00 e. The maximum atomic E-state index is 12.1. The van der Waals surface area contributed by atoms with E-state index in [0.717, 1.165) is 65.9 Å². The zero-order valence-electron chi connectivity index (χ0n) is 20.6. The molecule has 2 aromatic carbocycles. The molecule has 34 heavy (non-hydrogen) atoms. The molecule has 6 nitrogen and oxygen atoms in total. The monoisotopic (exact) mass is 553 g/mol. The van der Waals surface area contributed by atoms with Gasteiger partial charge in [0.25, 0.3) is 0 Å². The molecule has 0 atom stereocenters. The van der Waals surface area contributed by atoms with Gasteiger partial charge in [-0.05, 0) is 37.6 Å². The van der Waals surface area contributed by atoms with Crippen LogP contribution in [0, 0.1) is 26.2 Å². The van der Waals surface area contributed by atoms with Gasteiger partial charge < -0.3 is 31.9 Å². The fraction of sp³-hybridized carbons (Fsp3) is 0.385. The predicted molar refractivity (Wildman–Crippen MR) is 138 cm³/mol. The van der Waals surface area contributed by atoms with E-state index >= 15 is 0 Å². The van der Waals surface area contributed by atoms with Gasteiger partial charge in [-0.15, -0.1) is 26.5 Å². The first kappa shape index (κ1) is 31.2. The molecule has 180 valence electrons. The van der Waals surface area contributed by atoms with Crippen LogP contribution in [0.25, 0.3) is 0 Å². The smallest absolute Gasteiger partial charge is 0.496 e. The number of nitrogens with one attached hydrogen (secondary N) is 3. The Kier molecular flexibility index (Phi) is 15.3. The zero-order valence-corrected chi connectivity index (χ0v) is 25.3. The number of likely N-dealkylation sites (N-methyl/N-ethyl adjacent to an activating group) is 1. The number of hydrogen-bond acceptors (Lipinski definition) is 5. The molecule has 3 N–H and O–H groups in total. The number of amides is 1. The van der Waals surface area contributed by atoms with E-state index in [-0.39, 0.29) is 63.2 Å². The molecule has 1 aliphatic carbocycles. The first-order chi connectivity index (χ1) is 15.9. The SMILES string of the molecule is COc1cc(NC(=O)C2CC[CH-]CC2)ccc1C.[CH2-]c1c(Br)cc(NCCNC)cc1[C-]=O.[K+]. The number of methoxy groups -OCH3 is 1. The van der Waals surface area contributed by atoms with Crippen LogP contribution in [0.3, 0.4) is 0 Å². The van der Waals surface area contributed by atoms with Gasteiger partial charge in [0.2, 0.25) is 5.91 Å². The first-order valence-electron chi connectivity index (χ1n) is 11.1. The van der Waals surface area contributed by atoms with Crippen molar-refractivity contribution in [1.29, 1.82) is 0 Å². The van der Waals surface area contributed by atoms with Gasteiger partial charge in [0.1, 0.15) is 5.75 Å². The first-order valence-corrected chi connectivity index (χ1v) is 11.9. The Labute approximate surface area is 254 Å². The van der Waals surface area contributed by atoms with Crippen LogP contribution in [0.15, 0.2) is 34.8 Å². The summed E-state index contributed by atoms with van der Waals surface area (Å²) in [6, 6.07) is 9.41. The summed E-state index contributed by atoms with van der Waals surface area (Å²) in [7, 11) is 3.53. The molecular formula is C26H33BrKN3O3-2. The van der Waals surface area contributed by atoms with Crippen molar-refractivity contribution in [2.24, 2.45) is 5.92 Å². The zero-order chi connectivity index (χ0) is 24.2. The van der Waals surface area contributed by atoms with Crippen LogP contribution in [0.5, 0.6) is 5.75 Å². The Bertz CT molecular complexity index is 934. The molecular weight excluding hydrogens is 521 g/mol. The van der Waals surface area contributed by atoms with E-state index < -0.39 is 0 Å². The summed E-state index contributed by atoms with van der Waals surface area (Å²) in [5.41, 5.74) is 3.93. The molecule has 1 amide bonds. The Morgan fingerprint density at radius 1 is 1.21 bits per heavy atom. The molecule has 1 saturated carbocycles. The van der Waals surface area contributed by atoms with Crippen LogP contribution in [0.1, 0.15) is 42.4 Å². The molecule has 8 heteroatoms. The number of halogens is 1. The summed E-state index contributed by atoms with van der Waals surface area (Å²) in [6.45, 7) is 7.43. The average Bonchev–Trinajstić information content (AvgIpc) is 2.83. The summed E-state index contributed by atoms with van der Waals surface area (Å²) >= 11 is 3.35. The summed E-state index contributed by atoms with van der Waals surface area (Å²) in [4.78, 5) is 22.7. The molecule has 1 aliphatic rings. The third-order valence-electron chi connectivity index (χ3n) is 5.49. The number of hydrogen-bond donors (Lipinski definition) is 3. The van der Waals surface area contributed by atoms with E-state index in [4.69, 9.17) is 4.74 Å². The standard InChI is InChI=1S/C15H20NO2.C11H13BrN2O.K/c1-11-8-9-13(10-14(11)18-2)16-15(17)12-6-4-3-5-7-12;1-8-9(7-15)5-10(6-11(8)12)14-4-3-13-2;/h3,8-10,12H,4-7H2,1-2H3,(H,16,17);5-6,13-14H,1,3-4H2,2H3;/q-1;-2;+1. The summed E-state index contributed by atoms with van der Waals surface area (Å²) in [5.74, 6) is 1.10. The molecule has 0 radical (unpaired) electrons. The fourth-order valence-electron chi connectivity index (χ4n) is 3.49. The van der Waals surface area contributed by atoms with Gasteiger partial charge in [0.05, 0.1) is 7.11 Å². The van der Waals surface area contributed by atoms with E-state index in [1.165, 1.54) is 0 Å². The number of carbonyl (C=O) groups is 1. The Morgan fingerprint density at radius 2 is 1.91 bits per heavy atom. The van der Waals surface area contributed by atoms with Crippen LogP contribution in [-0.4, -0.2) is 39.4 Å². The van der Waals surface area contributed by atoms with Gasteiger partial charge in [0, 0.05) is 30.8 Å². The van der Waals surface area contributed by atoms with Gasteiger partial charge in [0.15, 0.2) is 0 Å². The second kappa shape index (κ2) is 16.7. The Morgan fingerprint density at radius 3 is 2.53 bits per heavy atom. The molecule has 1 fully saturated rings. The Hall–Kier alpha value is -0.874. The van der Waals surface area contributed by atoms with Crippen LogP contribution >= 0.6 is 15.9 Å². The van der Waals surface area contributed by atoms with Gasteiger partial charge in [-0.1, -0.05) is 18.9 Å². The molecule has 3 rings (SSSR count). The summed E-state index contributed by atoms with van der Waals surface area (Å²) < 4.78 is 6.07. The molecule has 0 heterocycles. The van der Waals surface area contributed by atoms with Crippen molar-refractivity contribution in [2.75, 3.05) is 37.9 Å². The van der Waals surface area contributed by atoms with E-state index in [0.29, 0.717) is 11.1 Å². The van der Waals surface area contributed by atoms with Crippen LogP contribution < -0.4 is 72.1 Å². The second-order valence-electron chi connectivity index (χ2n) is 7.93. The fourth-order valence-corrected chi connectivity index (χ4v) is 3.95. The summed E-state index contributed by atoms with van der Waals surface area (Å²) in [5, 5.41) is 9.20. The number of benzene rings is 2. The molecule has 2 aromatic rings. The van der Waals surface area contributed by atoms with E-state index in [1.807, 2.05) is 44.5 Å². The van der Waals surface area contributed by atoms with Crippen LogP contribution in [-0.2, 0) is 9.59 Å². The maximum absolute atomic E-state index is 12.1. The van der Waals surface area contributed by atoms with E-state index in [1.54, 1.807) is 13.2 Å². The van der Waals surface area contributed by atoms with Crippen molar-refractivity contribution in [3.05, 3.63) is 64.8 Å². The quantitative estimate of drug-likeness (QED) is 0.265. The average molecular weight is 555 g/mol. The number of aryl methyl sites for hydroxylation is 1. The van der Waals surface area contributed by atoms with Gasteiger partial charge >= 0.3 is 51.4 Å².